The van der Waals surface area contributed by atoms with Crippen LogP contribution in [0.3, 0.4) is 0 Å². The van der Waals surface area contributed by atoms with Gasteiger partial charge in [0.2, 0.25) is 0 Å². The summed E-state index contributed by atoms with van der Waals surface area (Å²) < 4.78 is 0. The lowest BCUT2D eigenvalue weighted by Crippen LogP contribution is -2.06. The quantitative estimate of drug-likeness (QED) is 0.691. The van der Waals surface area contributed by atoms with Gasteiger partial charge in [-0.2, -0.15) is 0 Å². The third-order valence-corrected chi connectivity index (χ3v) is 2.38. The van der Waals surface area contributed by atoms with Crippen LogP contribution in [-0.2, 0) is 0 Å². The Morgan fingerprint density at radius 3 is 1.88 bits per heavy atom. The summed E-state index contributed by atoms with van der Waals surface area (Å²) in [4.78, 5) is 10.4. The van der Waals surface area contributed by atoms with Gasteiger partial charge in [0.15, 0.2) is 0 Å². The number of rotatable bonds is 2. The Bertz CT molecular complexity index is 518. The Balaban J connectivity index is 2.23. The van der Waals surface area contributed by atoms with E-state index in [4.69, 9.17) is 10.8 Å². The second-order valence-corrected chi connectivity index (χ2v) is 3.63. The van der Waals surface area contributed by atoms with E-state index in [0.29, 0.717) is 5.69 Å². The lowest BCUT2D eigenvalue weighted by atomic mass is 10.1. The van der Waals surface area contributed by atoms with Crippen molar-refractivity contribution in [2.24, 2.45) is 0 Å². The molecule has 2 rings (SSSR count). The molecule has 0 bridgehead atoms. The predicted molar refractivity (Wildman–Crippen MR) is 67.9 cm³/mol. The lowest BCUT2D eigenvalue weighted by molar-refractivity contribution is 0.210. The van der Waals surface area contributed by atoms with Crippen LogP contribution < -0.4 is 11.1 Å². The number of benzene rings is 2. The highest BCUT2D eigenvalue weighted by atomic mass is 16.4. The molecule has 0 atom stereocenters. The van der Waals surface area contributed by atoms with E-state index in [1.807, 2.05) is 36.4 Å². The van der Waals surface area contributed by atoms with Gasteiger partial charge >= 0.3 is 6.09 Å². The molecule has 0 aliphatic heterocycles. The highest BCUT2D eigenvalue weighted by Gasteiger charge is 2.00. The predicted octanol–water partition coefficient (Wildman–Crippen LogP) is 3.03. The van der Waals surface area contributed by atoms with Crippen LogP contribution in [0.25, 0.3) is 11.1 Å². The van der Waals surface area contributed by atoms with Crippen LogP contribution in [0.1, 0.15) is 0 Å². The molecule has 1 amide bonds. The summed E-state index contributed by atoms with van der Waals surface area (Å²) in [5.74, 6) is 0. The zero-order chi connectivity index (χ0) is 12.3. The minimum Gasteiger partial charge on any atom is -0.465 e. The Morgan fingerprint density at radius 1 is 0.941 bits per heavy atom. The normalized spacial score (nSPS) is 9.88. The van der Waals surface area contributed by atoms with E-state index in [-0.39, 0.29) is 0 Å². The zero-order valence-electron chi connectivity index (χ0n) is 9.05. The number of nitrogens with two attached hydrogens (primary N) is 1. The number of nitrogens with one attached hydrogen (secondary N) is 1. The molecule has 4 nitrogen and oxygen atoms in total. The smallest absolute Gasteiger partial charge is 0.409 e. The Kier molecular flexibility index (Phi) is 2.96. The summed E-state index contributed by atoms with van der Waals surface area (Å²) in [7, 11) is 0. The van der Waals surface area contributed by atoms with E-state index < -0.39 is 6.09 Å². The van der Waals surface area contributed by atoms with Crippen LogP contribution in [0, 0.1) is 0 Å². The maximum absolute atomic E-state index is 10.4. The van der Waals surface area contributed by atoms with E-state index in [0.717, 1.165) is 16.8 Å². The van der Waals surface area contributed by atoms with Crippen LogP contribution in [0.5, 0.6) is 0 Å². The molecule has 0 aliphatic rings. The average molecular weight is 228 g/mol. The first-order valence-electron chi connectivity index (χ1n) is 5.11. The number of hydrogen-bond donors (Lipinski definition) is 3. The van der Waals surface area contributed by atoms with Crippen molar-refractivity contribution in [3.05, 3.63) is 48.5 Å². The maximum Gasteiger partial charge on any atom is 0.409 e. The first kappa shape index (κ1) is 11.0. The Hall–Kier alpha value is -2.49. The molecule has 0 fully saturated rings. The van der Waals surface area contributed by atoms with Crippen LogP contribution in [-0.4, -0.2) is 11.2 Å². The molecular weight excluding hydrogens is 216 g/mol. The Morgan fingerprint density at radius 2 is 1.41 bits per heavy atom. The third kappa shape index (κ3) is 2.75. The van der Waals surface area contributed by atoms with Crippen molar-refractivity contribution in [2.75, 3.05) is 11.1 Å². The molecule has 0 aliphatic carbocycles. The molecule has 4 heteroatoms. The van der Waals surface area contributed by atoms with Gasteiger partial charge in [0.25, 0.3) is 0 Å². The van der Waals surface area contributed by atoms with Gasteiger partial charge in [0.1, 0.15) is 0 Å². The van der Waals surface area contributed by atoms with Crippen LogP contribution in [0.4, 0.5) is 16.2 Å². The number of carboxylic acid groups (broad SMARTS) is 1. The molecule has 0 spiro atoms. The molecule has 0 saturated heterocycles. The first-order chi connectivity index (χ1) is 8.15. The van der Waals surface area contributed by atoms with Crippen molar-refractivity contribution in [2.45, 2.75) is 0 Å². The molecule has 86 valence electrons. The largest absolute Gasteiger partial charge is 0.465 e. The number of carbonyl (C=O) groups is 1. The van der Waals surface area contributed by atoms with E-state index in [1.54, 1.807) is 12.1 Å². The molecule has 0 unspecified atom stereocenters. The first-order valence-corrected chi connectivity index (χ1v) is 5.11. The molecule has 2 aromatic rings. The number of amides is 1. The molecule has 4 N–H and O–H groups in total. The van der Waals surface area contributed by atoms with Gasteiger partial charge in [-0.1, -0.05) is 24.3 Å². The highest BCUT2D eigenvalue weighted by Crippen LogP contribution is 2.22. The van der Waals surface area contributed by atoms with Crippen LogP contribution in [0.2, 0.25) is 0 Å². The van der Waals surface area contributed by atoms with E-state index in [2.05, 4.69) is 5.32 Å². The Labute approximate surface area is 98.7 Å². The van der Waals surface area contributed by atoms with Crippen molar-refractivity contribution in [1.29, 1.82) is 0 Å². The minimum absolute atomic E-state index is 0.552. The average Bonchev–Trinajstić information content (AvgIpc) is 2.30. The third-order valence-electron chi connectivity index (χ3n) is 2.38. The fourth-order valence-electron chi connectivity index (χ4n) is 1.55. The van der Waals surface area contributed by atoms with Gasteiger partial charge < -0.3 is 10.8 Å². The SMILES string of the molecule is Nc1ccc(-c2ccc(NC(=O)O)cc2)cc1. The van der Waals surface area contributed by atoms with Gasteiger partial charge in [-0.15, -0.1) is 0 Å². The monoisotopic (exact) mass is 228 g/mol. The van der Waals surface area contributed by atoms with Crippen LogP contribution in [0.15, 0.2) is 48.5 Å². The molecule has 0 saturated carbocycles. The molecular formula is C13H12N2O2. The molecule has 2 aromatic carbocycles. The lowest BCUT2D eigenvalue weighted by Gasteiger charge is -2.04. The van der Waals surface area contributed by atoms with E-state index in [9.17, 15) is 4.79 Å². The summed E-state index contributed by atoms with van der Waals surface area (Å²) in [6.45, 7) is 0. The number of hydrogen-bond acceptors (Lipinski definition) is 2. The summed E-state index contributed by atoms with van der Waals surface area (Å²) >= 11 is 0. The second-order valence-electron chi connectivity index (χ2n) is 3.63. The van der Waals surface area contributed by atoms with Crippen molar-refractivity contribution < 1.29 is 9.90 Å². The zero-order valence-corrected chi connectivity index (χ0v) is 9.05. The summed E-state index contributed by atoms with van der Waals surface area (Å²) in [6, 6.07) is 14.7. The molecule has 0 radical (unpaired) electrons. The molecule has 17 heavy (non-hydrogen) atoms. The number of anilines is 2. The van der Waals surface area contributed by atoms with E-state index in [1.165, 1.54) is 0 Å². The van der Waals surface area contributed by atoms with Gasteiger partial charge in [-0.25, -0.2) is 4.79 Å². The summed E-state index contributed by atoms with van der Waals surface area (Å²) in [6.07, 6.45) is -1.06. The summed E-state index contributed by atoms with van der Waals surface area (Å²) in [5.41, 5.74) is 8.94. The maximum atomic E-state index is 10.4. The fraction of sp³-hybridized carbons (Fsp3) is 0. The second kappa shape index (κ2) is 4.57. The van der Waals surface area contributed by atoms with Crippen molar-refractivity contribution in [3.63, 3.8) is 0 Å². The van der Waals surface area contributed by atoms with Gasteiger partial charge in [-0.3, -0.25) is 5.32 Å². The van der Waals surface area contributed by atoms with Gasteiger partial charge in [0.05, 0.1) is 0 Å². The number of nitrogen functional groups attached to an aromatic ring is 1. The van der Waals surface area contributed by atoms with Crippen molar-refractivity contribution >= 4 is 17.5 Å². The topological polar surface area (TPSA) is 75.3 Å². The van der Waals surface area contributed by atoms with Crippen molar-refractivity contribution in [3.8, 4) is 11.1 Å². The van der Waals surface area contributed by atoms with Crippen LogP contribution >= 0.6 is 0 Å². The van der Waals surface area contributed by atoms with Gasteiger partial charge in [-0.05, 0) is 35.4 Å². The van der Waals surface area contributed by atoms with Gasteiger partial charge in [0, 0.05) is 11.4 Å². The highest BCUT2D eigenvalue weighted by molar-refractivity contribution is 5.83. The molecule has 0 aromatic heterocycles. The fourth-order valence-corrected chi connectivity index (χ4v) is 1.55. The minimum atomic E-state index is -1.06. The molecule has 0 heterocycles. The summed E-state index contributed by atoms with van der Waals surface area (Å²) in [5, 5.41) is 10.8. The van der Waals surface area contributed by atoms with E-state index >= 15 is 0 Å². The van der Waals surface area contributed by atoms with Crippen molar-refractivity contribution in [1.82, 2.24) is 0 Å². The standard InChI is InChI=1S/C13H12N2O2/c14-11-5-1-9(2-6-11)10-3-7-12(8-4-10)15-13(16)17/h1-8,15H,14H2,(H,16,17).